The van der Waals surface area contributed by atoms with Crippen molar-refractivity contribution in [3.63, 3.8) is 0 Å². The summed E-state index contributed by atoms with van der Waals surface area (Å²) in [6.45, 7) is 3.57. The standard InChI is InChI=1S/C9H14O3/c1-3-12-9(11)8(6(2)10)7-4-5-7/h7-8H,3-5H2,1-2H3/t8-/m1/s1. The second kappa shape index (κ2) is 3.70. The van der Waals surface area contributed by atoms with E-state index >= 15 is 0 Å². The molecule has 1 atom stereocenters. The third-order valence-corrected chi connectivity index (χ3v) is 2.07. The van der Waals surface area contributed by atoms with Gasteiger partial charge in [-0.25, -0.2) is 0 Å². The number of carbonyl (C=O) groups is 2. The van der Waals surface area contributed by atoms with E-state index in [-0.39, 0.29) is 17.7 Å². The van der Waals surface area contributed by atoms with E-state index in [1.165, 1.54) is 6.92 Å². The zero-order chi connectivity index (χ0) is 9.14. The smallest absolute Gasteiger partial charge is 0.316 e. The molecule has 0 N–H and O–H groups in total. The summed E-state index contributed by atoms with van der Waals surface area (Å²) in [4.78, 5) is 22.3. The second-order valence-electron chi connectivity index (χ2n) is 3.18. The molecule has 68 valence electrons. The van der Waals surface area contributed by atoms with Gasteiger partial charge in [0, 0.05) is 0 Å². The number of ketones is 1. The first-order valence-corrected chi connectivity index (χ1v) is 4.34. The Morgan fingerprint density at radius 2 is 2.08 bits per heavy atom. The normalized spacial score (nSPS) is 18.5. The second-order valence-corrected chi connectivity index (χ2v) is 3.18. The van der Waals surface area contributed by atoms with Gasteiger partial charge in [0.15, 0.2) is 0 Å². The van der Waals surface area contributed by atoms with Crippen molar-refractivity contribution in [2.24, 2.45) is 11.8 Å². The monoisotopic (exact) mass is 170 g/mol. The Hall–Kier alpha value is -0.860. The van der Waals surface area contributed by atoms with E-state index < -0.39 is 5.92 Å². The molecular weight excluding hydrogens is 156 g/mol. The molecule has 0 aromatic carbocycles. The summed E-state index contributed by atoms with van der Waals surface area (Å²) in [6.07, 6.45) is 1.98. The van der Waals surface area contributed by atoms with Crippen LogP contribution in [-0.4, -0.2) is 18.4 Å². The lowest BCUT2D eigenvalue weighted by Gasteiger charge is -2.10. The summed E-state index contributed by atoms with van der Waals surface area (Å²) in [7, 11) is 0. The van der Waals surface area contributed by atoms with Crippen LogP contribution in [0.3, 0.4) is 0 Å². The summed E-state index contributed by atoms with van der Waals surface area (Å²) in [6, 6.07) is 0. The van der Waals surface area contributed by atoms with Crippen molar-refractivity contribution in [2.45, 2.75) is 26.7 Å². The molecular formula is C9H14O3. The molecule has 1 rings (SSSR count). The van der Waals surface area contributed by atoms with Gasteiger partial charge in [-0.15, -0.1) is 0 Å². The fraction of sp³-hybridized carbons (Fsp3) is 0.778. The predicted octanol–water partition coefficient (Wildman–Crippen LogP) is 1.16. The van der Waals surface area contributed by atoms with Crippen LogP contribution in [0.15, 0.2) is 0 Å². The van der Waals surface area contributed by atoms with Gasteiger partial charge in [0.25, 0.3) is 0 Å². The highest BCUT2D eigenvalue weighted by atomic mass is 16.5. The average Bonchev–Trinajstić information content (AvgIpc) is 2.71. The molecule has 0 spiro atoms. The van der Waals surface area contributed by atoms with Gasteiger partial charge in [0.05, 0.1) is 6.61 Å². The topological polar surface area (TPSA) is 43.4 Å². The molecule has 3 heteroatoms. The van der Waals surface area contributed by atoms with Crippen molar-refractivity contribution in [1.29, 1.82) is 0 Å². The Morgan fingerprint density at radius 3 is 2.42 bits per heavy atom. The lowest BCUT2D eigenvalue weighted by molar-refractivity contribution is -0.151. The van der Waals surface area contributed by atoms with E-state index in [2.05, 4.69) is 0 Å². The van der Waals surface area contributed by atoms with Gasteiger partial charge in [0.2, 0.25) is 0 Å². The molecule has 3 nitrogen and oxygen atoms in total. The number of carbonyl (C=O) groups excluding carboxylic acids is 2. The zero-order valence-electron chi connectivity index (χ0n) is 7.50. The molecule has 1 aliphatic rings. The Balaban J connectivity index is 2.52. The molecule has 12 heavy (non-hydrogen) atoms. The highest BCUT2D eigenvalue weighted by molar-refractivity contribution is 5.98. The van der Waals surface area contributed by atoms with Gasteiger partial charge in [-0.05, 0) is 32.6 Å². The minimum absolute atomic E-state index is 0.0593. The van der Waals surface area contributed by atoms with Gasteiger partial charge >= 0.3 is 5.97 Å². The summed E-state index contributed by atoms with van der Waals surface area (Å²) in [5.41, 5.74) is 0. The van der Waals surface area contributed by atoms with E-state index in [1.54, 1.807) is 6.92 Å². The molecule has 1 saturated carbocycles. The lowest BCUT2D eigenvalue weighted by atomic mass is 10.00. The van der Waals surface area contributed by atoms with Crippen molar-refractivity contribution in [3.8, 4) is 0 Å². The summed E-state index contributed by atoms with van der Waals surface area (Å²) >= 11 is 0. The van der Waals surface area contributed by atoms with Gasteiger partial charge in [-0.1, -0.05) is 0 Å². The summed E-state index contributed by atoms with van der Waals surface area (Å²) in [5, 5.41) is 0. The van der Waals surface area contributed by atoms with E-state index in [0.29, 0.717) is 6.61 Å². The third kappa shape index (κ3) is 2.06. The van der Waals surface area contributed by atoms with Crippen LogP contribution in [0.5, 0.6) is 0 Å². The maximum atomic E-state index is 11.2. The van der Waals surface area contributed by atoms with Crippen LogP contribution >= 0.6 is 0 Å². The van der Waals surface area contributed by atoms with Gasteiger partial charge in [-0.3, -0.25) is 9.59 Å². The van der Waals surface area contributed by atoms with Crippen molar-refractivity contribution in [2.75, 3.05) is 6.61 Å². The van der Waals surface area contributed by atoms with Crippen molar-refractivity contribution in [1.82, 2.24) is 0 Å². The molecule has 0 saturated heterocycles. The highest BCUT2D eigenvalue weighted by Crippen LogP contribution is 2.37. The fourth-order valence-corrected chi connectivity index (χ4v) is 1.35. The molecule has 0 radical (unpaired) electrons. The Bertz CT molecular complexity index is 194. The minimum Gasteiger partial charge on any atom is -0.465 e. The summed E-state index contributed by atoms with van der Waals surface area (Å²) < 4.78 is 4.81. The molecule has 0 unspecified atom stereocenters. The summed E-state index contributed by atoms with van der Waals surface area (Å²) in [5.74, 6) is -0.616. The number of rotatable bonds is 4. The SMILES string of the molecule is CCOC(=O)[C@H](C(C)=O)C1CC1. The number of esters is 1. The van der Waals surface area contributed by atoms with Crippen molar-refractivity contribution < 1.29 is 14.3 Å². The first-order chi connectivity index (χ1) is 5.66. The van der Waals surface area contributed by atoms with Crippen LogP contribution in [0.25, 0.3) is 0 Å². The zero-order valence-corrected chi connectivity index (χ0v) is 7.50. The quantitative estimate of drug-likeness (QED) is 0.469. The van der Waals surface area contributed by atoms with E-state index in [4.69, 9.17) is 4.74 Å². The number of ether oxygens (including phenoxy) is 1. The molecule has 0 aromatic rings. The van der Waals surface area contributed by atoms with Gasteiger partial charge in [0.1, 0.15) is 11.7 Å². The van der Waals surface area contributed by atoms with Crippen LogP contribution < -0.4 is 0 Å². The lowest BCUT2D eigenvalue weighted by Crippen LogP contribution is -2.26. The Morgan fingerprint density at radius 1 is 1.50 bits per heavy atom. The molecule has 0 aliphatic heterocycles. The van der Waals surface area contributed by atoms with E-state index in [9.17, 15) is 9.59 Å². The number of Topliss-reactive ketones (excluding diaryl/α,β-unsaturated/α-hetero) is 1. The minimum atomic E-state index is -0.482. The molecule has 0 amide bonds. The molecule has 1 fully saturated rings. The first kappa shape index (κ1) is 9.23. The molecule has 0 bridgehead atoms. The molecule has 1 aliphatic carbocycles. The predicted molar refractivity (Wildman–Crippen MR) is 43.5 cm³/mol. The Kier molecular flexibility index (Phi) is 2.84. The fourth-order valence-electron chi connectivity index (χ4n) is 1.35. The van der Waals surface area contributed by atoms with Gasteiger partial charge < -0.3 is 4.74 Å². The van der Waals surface area contributed by atoms with Gasteiger partial charge in [-0.2, -0.15) is 0 Å². The van der Waals surface area contributed by atoms with Crippen LogP contribution in [0.2, 0.25) is 0 Å². The number of hydrogen-bond donors (Lipinski definition) is 0. The maximum absolute atomic E-state index is 11.2. The number of hydrogen-bond acceptors (Lipinski definition) is 3. The van der Waals surface area contributed by atoms with Crippen LogP contribution in [-0.2, 0) is 14.3 Å². The van der Waals surface area contributed by atoms with Crippen molar-refractivity contribution in [3.05, 3.63) is 0 Å². The Labute approximate surface area is 72.1 Å². The third-order valence-electron chi connectivity index (χ3n) is 2.07. The highest BCUT2D eigenvalue weighted by Gasteiger charge is 2.40. The maximum Gasteiger partial charge on any atom is 0.316 e. The average molecular weight is 170 g/mol. The van der Waals surface area contributed by atoms with Crippen molar-refractivity contribution >= 4 is 11.8 Å². The largest absolute Gasteiger partial charge is 0.465 e. The van der Waals surface area contributed by atoms with E-state index in [1.807, 2.05) is 0 Å². The first-order valence-electron chi connectivity index (χ1n) is 4.34. The van der Waals surface area contributed by atoms with E-state index in [0.717, 1.165) is 12.8 Å². The van der Waals surface area contributed by atoms with Crippen LogP contribution in [0.4, 0.5) is 0 Å². The molecule has 0 heterocycles. The van der Waals surface area contributed by atoms with Crippen LogP contribution in [0, 0.1) is 11.8 Å². The molecule has 0 aromatic heterocycles. The van der Waals surface area contributed by atoms with Crippen LogP contribution in [0.1, 0.15) is 26.7 Å².